The maximum atomic E-state index is 3.86. The van der Waals surface area contributed by atoms with E-state index in [-0.39, 0.29) is 0 Å². The SMILES string of the molecule is C=CCNCc1cn[nH]n1. The summed E-state index contributed by atoms with van der Waals surface area (Å²) in [4.78, 5) is 0. The standard InChI is InChI=1S/C6H10N4/c1-2-3-7-4-6-5-8-10-9-6/h2,5,7H,1,3-4H2,(H,8,9,10). The van der Waals surface area contributed by atoms with E-state index in [1.165, 1.54) is 0 Å². The van der Waals surface area contributed by atoms with E-state index in [1.54, 1.807) is 12.3 Å². The van der Waals surface area contributed by atoms with E-state index < -0.39 is 0 Å². The van der Waals surface area contributed by atoms with Crippen LogP contribution in [0.3, 0.4) is 0 Å². The quantitative estimate of drug-likeness (QED) is 0.457. The molecule has 0 bridgehead atoms. The summed E-state index contributed by atoms with van der Waals surface area (Å²) < 4.78 is 0. The highest BCUT2D eigenvalue weighted by molar-refractivity contribution is 4.89. The fourth-order valence-electron chi connectivity index (χ4n) is 0.613. The molecular formula is C6H10N4. The molecule has 0 saturated heterocycles. The highest BCUT2D eigenvalue weighted by Gasteiger charge is 1.91. The Kier molecular flexibility index (Phi) is 2.63. The van der Waals surface area contributed by atoms with Crippen LogP contribution >= 0.6 is 0 Å². The Hall–Kier alpha value is -1.16. The van der Waals surface area contributed by atoms with Crippen molar-refractivity contribution >= 4 is 0 Å². The Morgan fingerprint density at radius 1 is 1.80 bits per heavy atom. The molecule has 0 aliphatic carbocycles. The Morgan fingerprint density at radius 3 is 3.30 bits per heavy atom. The lowest BCUT2D eigenvalue weighted by atomic mass is 10.4. The monoisotopic (exact) mass is 138 g/mol. The molecule has 1 rings (SSSR count). The van der Waals surface area contributed by atoms with Crippen LogP contribution < -0.4 is 5.32 Å². The number of nitrogens with one attached hydrogen (secondary N) is 2. The van der Waals surface area contributed by atoms with Crippen LogP contribution in [0.2, 0.25) is 0 Å². The third-order valence-corrected chi connectivity index (χ3v) is 1.06. The molecule has 0 aliphatic heterocycles. The van der Waals surface area contributed by atoms with Gasteiger partial charge in [0.15, 0.2) is 0 Å². The summed E-state index contributed by atoms with van der Waals surface area (Å²) in [6, 6.07) is 0. The van der Waals surface area contributed by atoms with E-state index in [4.69, 9.17) is 0 Å². The van der Waals surface area contributed by atoms with E-state index in [2.05, 4.69) is 27.3 Å². The molecule has 0 fully saturated rings. The molecule has 0 radical (unpaired) electrons. The number of hydrogen-bond donors (Lipinski definition) is 2. The fraction of sp³-hybridized carbons (Fsp3) is 0.333. The fourth-order valence-corrected chi connectivity index (χ4v) is 0.613. The smallest absolute Gasteiger partial charge is 0.0962 e. The average Bonchev–Trinajstić information content (AvgIpc) is 2.41. The van der Waals surface area contributed by atoms with Gasteiger partial charge < -0.3 is 5.32 Å². The molecule has 2 N–H and O–H groups in total. The first-order valence-corrected chi connectivity index (χ1v) is 3.09. The van der Waals surface area contributed by atoms with Crippen molar-refractivity contribution in [3.05, 3.63) is 24.5 Å². The summed E-state index contributed by atoms with van der Waals surface area (Å²) in [5, 5.41) is 13.1. The normalized spacial score (nSPS) is 9.60. The summed E-state index contributed by atoms with van der Waals surface area (Å²) >= 11 is 0. The first-order chi connectivity index (χ1) is 4.93. The van der Waals surface area contributed by atoms with Crippen LogP contribution in [-0.2, 0) is 6.54 Å². The van der Waals surface area contributed by atoms with Gasteiger partial charge in [0, 0.05) is 13.1 Å². The van der Waals surface area contributed by atoms with Gasteiger partial charge >= 0.3 is 0 Å². The summed E-state index contributed by atoms with van der Waals surface area (Å²) in [7, 11) is 0. The molecule has 1 heterocycles. The molecule has 0 aromatic carbocycles. The van der Waals surface area contributed by atoms with Gasteiger partial charge in [0.25, 0.3) is 0 Å². The molecule has 1 aromatic heterocycles. The maximum Gasteiger partial charge on any atom is 0.0962 e. The summed E-state index contributed by atoms with van der Waals surface area (Å²) in [6.45, 7) is 5.11. The number of H-pyrrole nitrogens is 1. The average molecular weight is 138 g/mol. The second-order valence-electron chi connectivity index (χ2n) is 1.88. The lowest BCUT2D eigenvalue weighted by molar-refractivity contribution is 0.735. The predicted octanol–water partition coefficient (Wildman–Crippen LogP) is 0.0803. The van der Waals surface area contributed by atoms with Gasteiger partial charge in [0.05, 0.1) is 11.9 Å². The zero-order chi connectivity index (χ0) is 7.23. The zero-order valence-electron chi connectivity index (χ0n) is 5.67. The van der Waals surface area contributed by atoms with Gasteiger partial charge in [-0.3, -0.25) is 0 Å². The van der Waals surface area contributed by atoms with Gasteiger partial charge in [-0.05, 0) is 0 Å². The molecule has 4 heteroatoms. The number of hydrogen-bond acceptors (Lipinski definition) is 3. The number of aromatic amines is 1. The van der Waals surface area contributed by atoms with E-state index in [9.17, 15) is 0 Å². The summed E-state index contributed by atoms with van der Waals surface area (Å²) in [5.41, 5.74) is 0.918. The van der Waals surface area contributed by atoms with Crippen molar-refractivity contribution in [2.24, 2.45) is 0 Å². The van der Waals surface area contributed by atoms with Crippen molar-refractivity contribution in [1.29, 1.82) is 0 Å². The van der Waals surface area contributed by atoms with Crippen molar-refractivity contribution in [2.45, 2.75) is 6.54 Å². The summed E-state index contributed by atoms with van der Waals surface area (Å²) in [5.74, 6) is 0. The van der Waals surface area contributed by atoms with Gasteiger partial charge in [0.1, 0.15) is 0 Å². The zero-order valence-corrected chi connectivity index (χ0v) is 5.67. The van der Waals surface area contributed by atoms with Crippen molar-refractivity contribution in [2.75, 3.05) is 6.54 Å². The topological polar surface area (TPSA) is 53.6 Å². The first-order valence-electron chi connectivity index (χ1n) is 3.09. The third kappa shape index (κ3) is 1.99. The molecule has 54 valence electrons. The maximum absolute atomic E-state index is 3.86. The predicted molar refractivity (Wildman–Crippen MR) is 38.3 cm³/mol. The third-order valence-electron chi connectivity index (χ3n) is 1.06. The van der Waals surface area contributed by atoms with Gasteiger partial charge in [-0.25, -0.2) is 0 Å². The summed E-state index contributed by atoms with van der Waals surface area (Å²) in [6.07, 6.45) is 3.50. The van der Waals surface area contributed by atoms with Gasteiger partial charge in [-0.1, -0.05) is 6.08 Å². The van der Waals surface area contributed by atoms with Crippen molar-refractivity contribution < 1.29 is 0 Å². The van der Waals surface area contributed by atoms with Gasteiger partial charge in [0.2, 0.25) is 0 Å². The molecule has 1 aromatic rings. The number of nitrogens with zero attached hydrogens (tertiary/aromatic N) is 2. The van der Waals surface area contributed by atoms with Crippen LogP contribution in [0.4, 0.5) is 0 Å². The van der Waals surface area contributed by atoms with Gasteiger partial charge in [-0.2, -0.15) is 15.4 Å². The van der Waals surface area contributed by atoms with E-state index in [1.807, 2.05) is 0 Å². The molecule has 4 nitrogen and oxygen atoms in total. The molecule has 0 atom stereocenters. The van der Waals surface area contributed by atoms with E-state index >= 15 is 0 Å². The number of rotatable bonds is 4. The molecule has 0 spiro atoms. The Labute approximate surface area is 59.3 Å². The number of aromatic nitrogens is 3. The van der Waals surface area contributed by atoms with Gasteiger partial charge in [-0.15, -0.1) is 6.58 Å². The molecule has 0 aliphatic rings. The van der Waals surface area contributed by atoms with E-state index in [0.717, 1.165) is 18.8 Å². The minimum absolute atomic E-state index is 0.739. The Balaban J connectivity index is 2.21. The highest BCUT2D eigenvalue weighted by Crippen LogP contribution is 1.85. The minimum atomic E-state index is 0.739. The Bertz CT molecular complexity index is 180. The van der Waals surface area contributed by atoms with Crippen LogP contribution in [0, 0.1) is 0 Å². The molecule has 0 saturated carbocycles. The molecule has 10 heavy (non-hydrogen) atoms. The highest BCUT2D eigenvalue weighted by atomic mass is 15.3. The lowest BCUT2D eigenvalue weighted by Gasteiger charge is -1.93. The van der Waals surface area contributed by atoms with Crippen LogP contribution in [0.1, 0.15) is 5.69 Å². The molecule has 0 amide bonds. The van der Waals surface area contributed by atoms with Crippen LogP contribution in [-0.4, -0.2) is 22.0 Å². The van der Waals surface area contributed by atoms with Crippen molar-refractivity contribution in [1.82, 2.24) is 20.7 Å². The second-order valence-corrected chi connectivity index (χ2v) is 1.88. The Morgan fingerprint density at radius 2 is 2.70 bits per heavy atom. The van der Waals surface area contributed by atoms with Crippen LogP contribution in [0.25, 0.3) is 0 Å². The lowest BCUT2D eigenvalue weighted by Crippen LogP contribution is -2.12. The molecular weight excluding hydrogens is 128 g/mol. The van der Waals surface area contributed by atoms with Crippen molar-refractivity contribution in [3.8, 4) is 0 Å². The first kappa shape index (κ1) is 6.95. The van der Waals surface area contributed by atoms with Crippen LogP contribution in [0.5, 0.6) is 0 Å². The van der Waals surface area contributed by atoms with Crippen molar-refractivity contribution in [3.63, 3.8) is 0 Å². The minimum Gasteiger partial charge on any atom is -0.308 e. The second kappa shape index (κ2) is 3.79. The largest absolute Gasteiger partial charge is 0.308 e. The van der Waals surface area contributed by atoms with E-state index in [0.29, 0.717) is 0 Å². The van der Waals surface area contributed by atoms with Crippen LogP contribution in [0.15, 0.2) is 18.9 Å². The molecule has 0 unspecified atom stereocenters.